The fraction of sp³-hybridized carbons (Fsp3) is 0.273. The Balaban J connectivity index is 2.13. The van der Waals surface area contributed by atoms with E-state index in [1.54, 1.807) is 12.1 Å². The van der Waals surface area contributed by atoms with E-state index in [4.69, 9.17) is 0 Å². The van der Waals surface area contributed by atoms with Crippen LogP contribution in [0.25, 0.3) is 0 Å². The molecule has 0 aliphatic carbocycles. The molecule has 0 fully saturated rings. The minimum Gasteiger partial charge on any atom is -0.380 e. The fourth-order valence-electron chi connectivity index (χ4n) is 1.58. The van der Waals surface area contributed by atoms with Gasteiger partial charge in [0.25, 0.3) is 5.69 Å². The van der Waals surface area contributed by atoms with E-state index in [0.717, 1.165) is 10.7 Å². The van der Waals surface area contributed by atoms with Gasteiger partial charge in [-0.1, -0.05) is 17.8 Å². The molecule has 1 aromatic carbocycles. The summed E-state index contributed by atoms with van der Waals surface area (Å²) in [7, 11) is 0. The molecule has 0 spiro atoms. The van der Waals surface area contributed by atoms with Gasteiger partial charge < -0.3 is 5.32 Å². The van der Waals surface area contributed by atoms with Crippen LogP contribution in [-0.4, -0.2) is 26.6 Å². The number of nitro benzene ring substituents is 1. The van der Waals surface area contributed by atoms with E-state index in [-0.39, 0.29) is 10.6 Å². The Morgan fingerprint density at radius 1 is 1.53 bits per heavy atom. The Hall–Kier alpha value is -2.09. The van der Waals surface area contributed by atoms with Crippen molar-refractivity contribution < 1.29 is 4.92 Å². The van der Waals surface area contributed by atoms with Crippen LogP contribution in [-0.2, 0) is 5.75 Å². The molecular weight excluding hydrogens is 266 g/mol. The lowest BCUT2D eigenvalue weighted by Gasteiger charge is -2.06. The maximum Gasteiger partial charge on any atom is 0.292 e. The summed E-state index contributed by atoms with van der Waals surface area (Å²) in [5, 5.41) is 21.1. The monoisotopic (exact) mass is 279 g/mol. The number of nitrogens with one attached hydrogen (secondary N) is 2. The molecule has 2 N–H and O–H groups in total. The number of thioether (sulfide) groups is 1. The van der Waals surface area contributed by atoms with Crippen molar-refractivity contribution in [3.63, 3.8) is 0 Å². The second-order valence-corrected chi connectivity index (χ2v) is 4.68. The minimum atomic E-state index is -0.384. The molecule has 0 atom stereocenters. The highest BCUT2D eigenvalue weighted by Crippen LogP contribution is 2.28. The van der Waals surface area contributed by atoms with Gasteiger partial charge in [-0.15, -0.1) is 0 Å². The van der Waals surface area contributed by atoms with Gasteiger partial charge in [0, 0.05) is 18.4 Å². The average Bonchev–Trinajstić information content (AvgIpc) is 2.90. The van der Waals surface area contributed by atoms with Crippen LogP contribution in [0.3, 0.4) is 0 Å². The predicted octanol–water partition coefficient (Wildman–Crippen LogP) is 2.44. The van der Waals surface area contributed by atoms with E-state index in [0.29, 0.717) is 18.0 Å². The van der Waals surface area contributed by atoms with Crippen LogP contribution in [0.2, 0.25) is 0 Å². The van der Waals surface area contributed by atoms with Crippen LogP contribution in [0, 0.1) is 10.1 Å². The van der Waals surface area contributed by atoms with Gasteiger partial charge in [0.15, 0.2) is 5.16 Å². The number of benzene rings is 1. The number of hydrogen-bond acceptors (Lipinski definition) is 6. The van der Waals surface area contributed by atoms with E-state index in [1.165, 1.54) is 24.2 Å². The largest absolute Gasteiger partial charge is 0.380 e. The van der Waals surface area contributed by atoms with Gasteiger partial charge in [-0.3, -0.25) is 15.2 Å². The molecule has 0 aliphatic heterocycles. The lowest BCUT2D eigenvalue weighted by atomic mass is 10.2. The molecular formula is C11H13N5O2S. The SMILES string of the molecule is CCNc1cc(CSc2ncn[nH]2)ccc1[N+](=O)[O-]. The number of anilines is 1. The zero-order valence-corrected chi connectivity index (χ0v) is 11.1. The lowest BCUT2D eigenvalue weighted by molar-refractivity contribution is -0.384. The predicted molar refractivity (Wildman–Crippen MR) is 73.2 cm³/mol. The van der Waals surface area contributed by atoms with E-state index in [9.17, 15) is 10.1 Å². The first-order valence-electron chi connectivity index (χ1n) is 5.70. The summed E-state index contributed by atoms with van der Waals surface area (Å²) in [5.41, 5.74) is 1.63. The van der Waals surface area contributed by atoms with Gasteiger partial charge in [-0.05, 0) is 18.6 Å². The van der Waals surface area contributed by atoms with Crippen molar-refractivity contribution in [2.24, 2.45) is 0 Å². The van der Waals surface area contributed by atoms with Crippen molar-refractivity contribution in [3.05, 3.63) is 40.2 Å². The highest BCUT2D eigenvalue weighted by Gasteiger charge is 2.13. The van der Waals surface area contributed by atoms with Crippen LogP contribution in [0.1, 0.15) is 12.5 Å². The molecule has 2 aromatic rings. The summed E-state index contributed by atoms with van der Waals surface area (Å²) in [6, 6.07) is 5.07. The van der Waals surface area contributed by atoms with Gasteiger partial charge >= 0.3 is 0 Å². The van der Waals surface area contributed by atoms with E-state index >= 15 is 0 Å². The fourth-order valence-corrected chi connectivity index (χ4v) is 2.30. The summed E-state index contributed by atoms with van der Waals surface area (Å²) < 4.78 is 0. The number of aromatic amines is 1. The lowest BCUT2D eigenvalue weighted by Crippen LogP contribution is -2.01. The molecule has 0 bridgehead atoms. The Labute approximate surface area is 114 Å². The molecule has 0 aliphatic rings. The molecule has 0 unspecified atom stereocenters. The van der Waals surface area contributed by atoms with Crippen LogP contribution in [0.5, 0.6) is 0 Å². The Bertz CT molecular complexity index is 558. The van der Waals surface area contributed by atoms with Crippen molar-refractivity contribution in [2.75, 3.05) is 11.9 Å². The van der Waals surface area contributed by atoms with Crippen LogP contribution < -0.4 is 5.32 Å². The summed E-state index contributed by atoms with van der Waals surface area (Å²) >= 11 is 1.49. The molecule has 1 heterocycles. The topological polar surface area (TPSA) is 96.7 Å². The quantitative estimate of drug-likeness (QED) is 0.479. The minimum absolute atomic E-state index is 0.0928. The van der Waals surface area contributed by atoms with Gasteiger partial charge in [0.05, 0.1) is 4.92 Å². The number of H-pyrrole nitrogens is 1. The smallest absolute Gasteiger partial charge is 0.292 e. The number of rotatable bonds is 6. The zero-order chi connectivity index (χ0) is 13.7. The molecule has 0 saturated heterocycles. The molecule has 100 valence electrons. The summed E-state index contributed by atoms with van der Waals surface area (Å²) in [6.07, 6.45) is 1.45. The molecule has 2 rings (SSSR count). The molecule has 0 saturated carbocycles. The van der Waals surface area contributed by atoms with Gasteiger partial charge in [0.1, 0.15) is 12.0 Å². The zero-order valence-electron chi connectivity index (χ0n) is 10.3. The number of nitro groups is 1. The maximum atomic E-state index is 10.9. The second-order valence-electron chi connectivity index (χ2n) is 3.72. The summed E-state index contributed by atoms with van der Waals surface area (Å²) in [6.45, 7) is 2.54. The third-order valence-electron chi connectivity index (χ3n) is 2.39. The van der Waals surface area contributed by atoms with Crippen molar-refractivity contribution in [1.82, 2.24) is 15.2 Å². The van der Waals surface area contributed by atoms with E-state index in [1.807, 2.05) is 6.92 Å². The highest BCUT2D eigenvalue weighted by atomic mass is 32.2. The van der Waals surface area contributed by atoms with E-state index < -0.39 is 0 Å². The van der Waals surface area contributed by atoms with Gasteiger partial charge in [0.2, 0.25) is 0 Å². The number of aromatic nitrogens is 3. The van der Waals surface area contributed by atoms with Gasteiger partial charge in [-0.2, -0.15) is 5.10 Å². The van der Waals surface area contributed by atoms with Crippen LogP contribution >= 0.6 is 11.8 Å². The van der Waals surface area contributed by atoms with Crippen molar-refractivity contribution in [3.8, 4) is 0 Å². The average molecular weight is 279 g/mol. The standard InChI is InChI=1S/C11H13N5O2S/c1-2-12-9-5-8(3-4-10(9)16(17)18)6-19-11-13-7-14-15-11/h3-5,7,12H,2,6H2,1H3,(H,13,14,15). The molecule has 0 amide bonds. The van der Waals surface area contributed by atoms with E-state index in [2.05, 4.69) is 20.5 Å². The third kappa shape index (κ3) is 3.44. The molecule has 1 aromatic heterocycles. The maximum absolute atomic E-state index is 10.9. The highest BCUT2D eigenvalue weighted by molar-refractivity contribution is 7.98. The third-order valence-corrected chi connectivity index (χ3v) is 3.34. The van der Waals surface area contributed by atoms with Crippen molar-refractivity contribution in [1.29, 1.82) is 0 Å². The Kier molecular flexibility index (Phi) is 4.35. The first kappa shape index (κ1) is 13.3. The first-order valence-corrected chi connectivity index (χ1v) is 6.68. The summed E-state index contributed by atoms with van der Waals surface area (Å²) in [5.74, 6) is 0.672. The normalized spacial score (nSPS) is 10.4. The molecule has 7 nitrogen and oxygen atoms in total. The Morgan fingerprint density at radius 2 is 2.37 bits per heavy atom. The number of nitrogens with zero attached hydrogens (tertiary/aromatic N) is 3. The molecule has 8 heteroatoms. The van der Waals surface area contributed by atoms with Crippen molar-refractivity contribution in [2.45, 2.75) is 17.8 Å². The van der Waals surface area contributed by atoms with Gasteiger partial charge in [-0.25, -0.2) is 4.98 Å². The molecule has 0 radical (unpaired) electrons. The van der Waals surface area contributed by atoms with Crippen molar-refractivity contribution >= 4 is 23.1 Å². The molecule has 19 heavy (non-hydrogen) atoms. The first-order chi connectivity index (χ1) is 9.20. The second kappa shape index (κ2) is 6.19. The van der Waals surface area contributed by atoms with Crippen LogP contribution in [0.15, 0.2) is 29.7 Å². The summed E-state index contributed by atoms with van der Waals surface area (Å²) in [4.78, 5) is 14.5. The number of hydrogen-bond donors (Lipinski definition) is 2. The Morgan fingerprint density at radius 3 is 3.00 bits per heavy atom. The van der Waals surface area contributed by atoms with Crippen LogP contribution in [0.4, 0.5) is 11.4 Å².